The Bertz CT molecular complexity index is 784. The normalized spacial score (nSPS) is 10.9. The maximum absolute atomic E-state index is 12.4. The van der Waals surface area contributed by atoms with Crippen molar-refractivity contribution in [1.29, 1.82) is 0 Å². The van der Waals surface area contributed by atoms with E-state index in [4.69, 9.17) is 11.6 Å². The van der Waals surface area contributed by atoms with Gasteiger partial charge in [0.05, 0.1) is 5.02 Å². The minimum Gasteiger partial charge on any atom is -0.266 e. The van der Waals surface area contributed by atoms with Crippen LogP contribution in [0.2, 0.25) is 5.02 Å². The smallest absolute Gasteiger partial charge is 0.266 e. The quantitative estimate of drug-likeness (QED) is 0.750. The second-order valence-electron chi connectivity index (χ2n) is 4.63. The molecule has 0 spiro atoms. The van der Waals surface area contributed by atoms with Crippen molar-refractivity contribution >= 4 is 38.9 Å². The van der Waals surface area contributed by atoms with Crippen LogP contribution in [0.3, 0.4) is 0 Å². The molecule has 0 saturated carbocycles. The first-order chi connectivity index (χ1) is 9.58. The Kier molecular flexibility index (Phi) is 3.28. The number of fused-ring (bicyclic) bond motifs is 1. The van der Waals surface area contributed by atoms with E-state index in [2.05, 4.69) is 5.43 Å². The molecule has 0 bridgehead atoms. The molecule has 1 N–H and O–H groups in total. The highest BCUT2D eigenvalue weighted by Gasteiger charge is 2.17. The summed E-state index contributed by atoms with van der Waals surface area (Å²) in [5, 5.41) is 1.44. The van der Waals surface area contributed by atoms with Gasteiger partial charge in [0.2, 0.25) is 0 Å². The number of hydrogen-bond donors (Lipinski definition) is 1. The number of halogens is 1. The van der Waals surface area contributed by atoms with E-state index in [1.165, 1.54) is 11.3 Å². The second-order valence-corrected chi connectivity index (χ2v) is 6.06. The summed E-state index contributed by atoms with van der Waals surface area (Å²) in [5.74, 6) is -0.182. The van der Waals surface area contributed by atoms with Crippen LogP contribution in [-0.2, 0) is 0 Å². The number of nitrogens with one attached hydrogen (secondary N) is 1. The maximum atomic E-state index is 12.4. The van der Waals surface area contributed by atoms with Gasteiger partial charge in [-0.3, -0.25) is 14.9 Å². The lowest BCUT2D eigenvalue weighted by molar-refractivity contribution is 0.101. The Balaban J connectivity index is 1.99. The molecule has 0 atom stereocenters. The molecule has 3 aromatic rings. The third kappa shape index (κ3) is 2.11. The summed E-state index contributed by atoms with van der Waals surface area (Å²) in [6.07, 6.45) is 0. The van der Waals surface area contributed by atoms with Gasteiger partial charge in [0.25, 0.3) is 5.91 Å². The summed E-state index contributed by atoms with van der Waals surface area (Å²) < 4.78 is 2.78. The average Bonchev–Trinajstić information content (AvgIpc) is 2.94. The van der Waals surface area contributed by atoms with E-state index in [1.807, 2.05) is 50.2 Å². The highest BCUT2D eigenvalue weighted by Crippen LogP contribution is 2.35. The van der Waals surface area contributed by atoms with Crippen LogP contribution in [0.1, 0.15) is 21.1 Å². The van der Waals surface area contributed by atoms with Gasteiger partial charge in [-0.1, -0.05) is 29.8 Å². The average molecular weight is 305 g/mol. The molecule has 0 saturated heterocycles. The molecule has 0 aliphatic rings. The lowest BCUT2D eigenvalue weighted by atomic mass is 10.2. The number of aryl methyl sites for hydroxylation is 2. The molecule has 2 aromatic heterocycles. The molecule has 1 aromatic carbocycles. The molecule has 1 amide bonds. The van der Waals surface area contributed by atoms with Crippen LogP contribution in [0.5, 0.6) is 0 Å². The molecular weight excluding hydrogens is 292 g/mol. The first kappa shape index (κ1) is 13.2. The molecule has 0 radical (unpaired) electrons. The summed E-state index contributed by atoms with van der Waals surface area (Å²) >= 11 is 7.72. The molecule has 0 aliphatic carbocycles. The van der Waals surface area contributed by atoms with E-state index < -0.39 is 0 Å². The molecule has 0 unspecified atom stereocenters. The van der Waals surface area contributed by atoms with E-state index >= 15 is 0 Å². The molecule has 2 heterocycles. The number of carbonyl (C=O) groups excluding carboxylic acids is 1. The van der Waals surface area contributed by atoms with Gasteiger partial charge in [0.1, 0.15) is 4.88 Å². The maximum Gasteiger partial charge on any atom is 0.281 e. The lowest BCUT2D eigenvalue weighted by Crippen LogP contribution is -2.24. The van der Waals surface area contributed by atoms with Crippen molar-refractivity contribution in [2.24, 2.45) is 0 Å². The Morgan fingerprint density at radius 3 is 2.45 bits per heavy atom. The largest absolute Gasteiger partial charge is 0.281 e. The van der Waals surface area contributed by atoms with Gasteiger partial charge in [0, 0.05) is 21.5 Å². The first-order valence-electron chi connectivity index (χ1n) is 6.21. The summed E-state index contributed by atoms with van der Waals surface area (Å²) in [7, 11) is 0. The number of rotatable bonds is 2. The predicted molar refractivity (Wildman–Crippen MR) is 84.4 cm³/mol. The van der Waals surface area contributed by atoms with Crippen LogP contribution in [0, 0.1) is 13.8 Å². The third-order valence-electron chi connectivity index (χ3n) is 3.23. The van der Waals surface area contributed by atoms with Gasteiger partial charge in [-0.25, -0.2) is 0 Å². The van der Waals surface area contributed by atoms with Gasteiger partial charge in [-0.05, 0) is 32.0 Å². The Morgan fingerprint density at radius 2 is 1.80 bits per heavy atom. The Morgan fingerprint density at radius 1 is 1.15 bits per heavy atom. The zero-order valence-corrected chi connectivity index (χ0v) is 12.7. The highest BCUT2D eigenvalue weighted by atomic mass is 35.5. The van der Waals surface area contributed by atoms with Crippen LogP contribution in [0.4, 0.5) is 0 Å². The fourth-order valence-corrected chi connectivity index (χ4v) is 3.56. The van der Waals surface area contributed by atoms with Crippen LogP contribution in [0.25, 0.3) is 10.1 Å². The highest BCUT2D eigenvalue weighted by molar-refractivity contribution is 7.21. The summed E-state index contributed by atoms with van der Waals surface area (Å²) in [6.45, 7) is 3.89. The standard InChI is InChI=1S/C15H13ClN2OS/c1-9-7-8-10(2)18(9)17-15(19)14-13(16)11-5-3-4-6-12(11)20-14/h3-8H,1-2H3,(H,17,19). The minimum absolute atomic E-state index is 0.182. The Labute approximate surface area is 125 Å². The van der Waals surface area contributed by atoms with Crippen molar-refractivity contribution in [2.75, 3.05) is 5.43 Å². The van der Waals surface area contributed by atoms with E-state index in [9.17, 15) is 4.79 Å². The number of aromatic nitrogens is 1. The van der Waals surface area contributed by atoms with Gasteiger partial charge in [-0.2, -0.15) is 0 Å². The van der Waals surface area contributed by atoms with E-state index in [0.29, 0.717) is 9.90 Å². The van der Waals surface area contributed by atoms with Crippen LogP contribution in [0.15, 0.2) is 36.4 Å². The third-order valence-corrected chi connectivity index (χ3v) is 4.90. The number of nitrogens with zero attached hydrogens (tertiary/aromatic N) is 1. The van der Waals surface area contributed by atoms with Gasteiger partial charge >= 0.3 is 0 Å². The molecule has 5 heteroatoms. The number of thiophene rings is 1. The monoisotopic (exact) mass is 304 g/mol. The van der Waals surface area contributed by atoms with Crippen molar-refractivity contribution in [3.05, 3.63) is 57.7 Å². The van der Waals surface area contributed by atoms with Crippen molar-refractivity contribution in [2.45, 2.75) is 13.8 Å². The van der Waals surface area contributed by atoms with Crippen molar-refractivity contribution in [3.8, 4) is 0 Å². The molecule has 3 rings (SSSR count). The Hall–Kier alpha value is -1.78. The van der Waals surface area contributed by atoms with Crippen molar-refractivity contribution < 1.29 is 4.79 Å². The SMILES string of the molecule is Cc1ccc(C)n1NC(=O)c1sc2ccccc2c1Cl. The van der Waals surface area contributed by atoms with E-state index in [-0.39, 0.29) is 5.91 Å². The topological polar surface area (TPSA) is 34.0 Å². The fraction of sp³-hybridized carbons (Fsp3) is 0.133. The minimum atomic E-state index is -0.182. The van der Waals surface area contributed by atoms with E-state index in [0.717, 1.165) is 21.5 Å². The van der Waals surface area contributed by atoms with Crippen molar-refractivity contribution in [1.82, 2.24) is 4.68 Å². The van der Waals surface area contributed by atoms with E-state index in [1.54, 1.807) is 4.68 Å². The number of hydrogen-bond acceptors (Lipinski definition) is 2. The molecule has 20 heavy (non-hydrogen) atoms. The molecule has 3 nitrogen and oxygen atoms in total. The van der Waals surface area contributed by atoms with Gasteiger partial charge < -0.3 is 0 Å². The lowest BCUT2D eigenvalue weighted by Gasteiger charge is -2.10. The molecule has 0 aliphatic heterocycles. The first-order valence-corrected chi connectivity index (χ1v) is 7.40. The predicted octanol–water partition coefficient (Wildman–Crippen LogP) is 4.36. The summed E-state index contributed by atoms with van der Waals surface area (Å²) in [5.41, 5.74) is 4.84. The van der Waals surface area contributed by atoms with Crippen LogP contribution >= 0.6 is 22.9 Å². The summed E-state index contributed by atoms with van der Waals surface area (Å²) in [4.78, 5) is 12.9. The molecule has 0 fully saturated rings. The number of amides is 1. The van der Waals surface area contributed by atoms with Gasteiger partial charge in [-0.15, -0.1) is 11.3 Å². The molecule has 102 valence electrons. The zero-order chi connectivity index (χ0) is 14.3. The van der Waals surface area contributed by atoms with Crippen molar-refractivity contribution in [3.63, 3.8) is 0 Å². The zero-order valence-electron chi connectivity index (χ0n) is 11.1. The van der Waals surface area contributed by atoms with Gasteiger partial charge in [0.15, 0.2) is 0 Å². The fourth-order valence-electron chi connectivity index (χ4n) is 2.16. The summed E-state index contributed by atoms with van der Waals surface area (Å²) in [6, 6.07) is 11.7. The number of carbonyl (C=O) groups is 1. The number of benzene rings is 1. The van der Waals surface area contributed by atoms with Crippen LogP contribution in [-0.4, -0.2) is 10.6 Å². The second kappa shape index (κ2) is 4.96. The van der Waals surface area contributed by atoms with Crippen LogP contribution < -0.4 is 5.43 Å². The molecular formula is C15H13ClN2OS.